The molecule has 90 valence electrons. The SMILES string of the molecule is COC(=O)/C(=N/O)NC(=O)c1ccc(Cl)cc1. The maximum Gasteiger partial charge on any atom is 0.377 e. The van der Waals surface area contributed by atoms with Crippen LogP contribution in [0, 0.1) is 0 Å². The summed E-state index contributed by atoms with van der Waals surface area (Å²) in [5.74, 6) is -2.15. The fourth-order valence-electron chi connectivity index (χ4n) is 0.995. The number of nitrogens with one attached hydrogen (secondary N) is 1. The molecule has 0 saturated carbocycles. The molecule has 0 unspecified atom stereocenters. The quantitative estimate of drug-likeness (QED) is 0.258. The van der Waals surface area contributed by atoms with Gasteiger partial charge in [0.1, 0.15) is 0 Å². The zero-order valence-electron chi connectivity index (χ0n) is 8.81. The average molecular weight is 257 g/mol. The predicted molar refractivity (Wildman–Crippen MR) is 60.2 cm³/mol. The average Bonchev–Trinajstić information content (AvgIpc) is 2.35. The van der Waals surface area contributed by atoms with Crippen molar-refractivity contribution in [2.24, 2.45) is 5.16 Å². The van der Waals surface area contributed by atoms with Crippen LogP contribution in [0.1, 0.15) is 10.4 Å². The maximum atomic E-state index is 11.6. The fourth-order valence-corrected chi connectivity index (χ4v) is 1.12. The number of methoxy groups -OCH3 is 1. The summed E-state index contributed by atoms with van der Waals surface area (Å²) in [6.45, 7) is 0. The molecule has 0 bridgehead atoms. The van der Waals surface area contributed by atoms with Crippen LogP contribution in [0.25, 0.3) is 0 Å². The highest BCUT2D eigenvalue weighted by Crippen LogP contribution is 2.09. The van der Waals surface area contributed by atoms with Crippen molar-refractivity contribution in [2.75, 3.05) is 7.11 Å². The van der Waals surface area contributed by atoms with Gasteiger partial charge in [-0.05, 0) is 24.3 Å². The van der Waals surface area contributed by atoms with E-state index in [4.69, 9.17) is 16.8 Å². The number of halogens is 1. The summed E-state index contributed by atoms with van der Waals surface area (Å²) in [5.41, 5.74) is 0.263. The van der Waals surface area contributed by atoms with Crippen molar-refractivity contribution >= 4 is 29.3 Å². The van der Waals surface area contributed by atoms with E-state index in [2.05, 4.69) is 15.2 Å². The van der Waals surface area contributed by atoms with Gasteiger partial charge in [-0.25, -0.2) is 4.79 Å². The smallest absolute Gasteiger partial charge is 0.377 e. The van der Waals surface area contributed by atoms with Crippen molar-refractivity contribution < 1.29 is 19.5 Å². The third-order valence-corrected chi connectivity index (χ3v) is 2.07. The lowest BCUT2D eigenvalue weighted by atomic mass is 10.2. The van der Waals surface area contributed by atoms with E-state index in [1.54, 1.807) is 0 Å². The van der Waals surface area contributed by atoms with Gasteiger partial charge in [0, 0.05) is 10.6 Å². The number of carbonyl (C=O) groups is 2. The Morgan fingerprint density at radius 2 is 1.94 bits per heavy atom. The van der Waals surface area contributed by atoms with Crippen LogP contribution in [0.3, 0.4) is 0 Å². The van der Waals surface area contributed by atoms with E-state index < -0.39 is 17.7 Å². The van der Waals surface area contributed by atoms with Crippen molar-refractivity contribution in [3.8, 4) is 0 Å². The topological polar surface area (TPSA) is 88.0 Å². The summed E-state index contributed by atoms with van der Waals surface area (Å²) in [7, 11) is 1.10. The summed E-state index contributed by atoms with van der Waals surface area (Å²) in [5, 5.41) is 13.7. The molecule has 0 spiro atoms. The van der Waals surface area contributed by atoms with Gasteiger partial charge in [0.2, 0.25) is 0 Å². The summed E-state index contributed by atoms with van der Waals surface area (Å²) in [6, 6.07) is 5.96. The number of benzene rings is 1. The number of rotatable bonds is 1. The second-order valence-corrected chi connectivity index (χ2v) is 3.34. The summed E-state index contributed by atoms with van der Waals surface area (Å²) in [4.78, 5) is 22.6. The van der Waals surface area contributed by atoms with E-state index in [9.17, 15) is 9.59 Å². The van der Waals surface area contributed by atoms with Gasteiger partial charge in [-0.15, -0.1) is 0 Å². The molecular formula is C10H9ClN2O4. The van der Waals surface area contributed by atoms with Crippen LogP contribution < -0.4 is 5.32 Å². The van der Waals surface area contributed by atoms with Gasteiger partial charge in [-0.1, -0.05) is 16.8 Å². The van der Waals surface area contributed by atoms with Crippen LogP contribution in [0.5, 0.6) is 0 Å². The first-order valence-electron chi connectivity index (χ1n) is 4.45. The molecule has 1 aromatic carbocycles. The Morgan fingerprint density at radius 1 is 1.35 bits per heavy atom. The van der Waals surface area contributed by atoms with Crippen LogP contribution in [0.15, 0.2) is 29.4 Å². The highest BCUT2D eigenvalue weighted by Gasteiger charge is 2.16. The van der Waals surface area contributed by atoms with Crippen molar-refractivity contribution in [1.29, 1.82) is 0 Å². The summed E-state index contributed by atoms with van der Waals surface area (Å²) < 4.78 is 4.29. The van der Waals surface area contributed by atoms with E-state index in [0.29, 0.717) is 5.02 Å². The molecule has 0 heterocycles. The minimum Gasteiger partial charge on any atom is -0.463 e. The fraction of sp³-hybridized carbons (Fsp3) is 0.100. The van der Waals surface area contributed by atoms with Crippen LogP contribution in [-0.2, 0) is 9.53 Å². The first-order chi connectivity index (χ1) is 8.08. The minimum atomic E-state index is -0.949. The molecule has 0 radical (unpaired) electrons. The van der Waals surface area contributed by atoms with Gasteiger partial charge in [0.05, 0.1) is 7.11 Å². The number of carbonyl (C=O) groups excluding carboxylic acids is 2. The van der Waals surface area contributed by atoms with Crippen LogP contribution in [-0.4, -0.2) is 30.0 Å². The van der Waals surface area contributed by atoms with Crippen LogP contribution >= 0.6 is 11.6 Å². The number of nitrogens with zero attached hydrogens (tertiary/aromatic N) is 1. The monoisotopic (exact) mass is 256 g/mol. The molecule has 0 fully saturated rings. The van der Waals surface area contributed by atoms with E-state index in [-0.39, 0.29) is 5.56 Å². The molecule has 2 N–H and O–H groups in total. The number of amidine groups is 1. The summed E-state index contributed by atoms with van der Waals surface area (Å²) >= 11 is 5.65. The molecule has 1 aromatic rings. The maximum absolute atomic E-state index is 11.6. The Hall–Kier alpha value is -2.08. The second kappa shape index (κ2) is 5.86. The molecule has 17 heavy (non-hydrogen) atoms. The highest BCUT2D eigenvalue weighted by atomic mass is 35.5. The Morgan fingerprint density at radius 3 is 2.41 bits per heavy atom. The number of oxime groups is 1. The predicted octanol–water partition coefficient (Wildman–Crippen LogP) is 1.03. The lowest BCUT2D eigenvalue weighted by Gasteiger charge is -2.04. The third-order valence-electron chi connectivity index (χ3n) is 1.82. The van der Waals surface area contributed by atoms with Gasteiger partial charge in [0.15, 0.2) is 0 Å². The van der Waals surface area contributed by atoms with Crippen LogP contribution in [0.4, 0.5) is 0 Å². The number of amides is 1. The molecule has 0 aromatic heterocycles. The van der Waals surface area contributed by atoms with Gasteiger partial charge >= 0.3 is 5.97 Å². The van der Waals surface area contributed by atoms with E-state index in [1.807, 2.05) is 0 Å². The molecular weight excluding hydrogens is 248 g/mol. The number of hydrogen-bond donors (Lipinski definition) is 2. The standard InChI is InChI=1S/C10H9ClN2O4/c1-17-10(15)8(13-16)12-9(14)6-2-4-7(11)5-3-6/h2-5,16H,1H3,(H,12,13,14). The lowest BCUT2D eigenvalue weighted by molar-refractivity contribution is -0.133. The molecule has 1 rings (SSSR count). The number of esters is 1. The molecule has 0 saturated heterocycles. The number of hydrogen-bond acceptors (Lipinski definition) is 5. The Kier molecular flexibility index (Phi) is 4.47. The first kappa shape index (κ1) is 13.0. The van der Waals surface area contributed by atoms with Gasteiger partial charge in [-0.3, -0.25) is 10.1 Å². The molecule has 1 amide bonds. The van der Waals surface area contributed by atoms with Crippen molar-refractivity contribution in [1.82, 2.24) is 5.32 Å². The van der Waals surface area contributed by atoms with Gasteiger partial charge in [-0.2, -0.15) is 0 Å². The normalized spacial score (nSPS) is 10.8. The minimum absolute atomic E-state index is 0.263. The Labute approximate surface area is 102 Å². The molecule has 6 nitrogen and oxygen atoms in total. The van der Waals surface area contributed by atoms with Crippen molar-refractivity contribution in [3.05, 3.63) is 34.9 Å². The second-order valence-electron chi connectivity index (χ2n) is 2.90. The lowest BCUT2D eigenvalue weighted by Crippen LogP contribution is -2.37. The Bertz CT molecular complexity index is 456. The molecule has 0 aliphatic rings. The zero-order valence-corrected chi connectivity index (χ0v) is 9.56. The van der Waals surface area contributed by atoms with Crippen molar-refractivity contribution in [2.45, 2.75) is 0 Å². The van der Waals surface area contributed by atoms with Gasteiger partial charge in [0.25, 0.3) is 11.7 Å². The van der Waals surface area contributed by atoms with E-state index in [1.165, 1.54) is 24.3 Å². The Balaban J connectivity index is 2.78. The number of ether oxygens (including phenoxy) is 1. The van der Waals surface area contributed by atoms with E-state index in [0.717, 1.165) is 7.11 Å². The van der Waals surface area contributed by atoms with Crippen molar-refractivity contribution in [3.63, 3.8) is 0 Å². The molecule has 0 atom stereocenters. The first-order valence-corrected chi connectivity index (χ1v) is 4.83. The third kappa shape index (κ3) is 3.46. The zero-order chi connectivity index (χ0) is 12.8. The van der Waals surface area contributed by atoms with Gasteiger partial charge < -0.3 is 9.94 Å². The molecule has 0 aliphatic carbocycles. The van der Waals surface area contributed by atoms with E-state index >= 15 is 0 Å². The largest absolute Gasteiger partial charge is 0.463 e. The molecule has 0 aliphatic heterocycles. The van der Waals surface area contributed by atoms with Crippen LogP contribution in [0.2, 0.25) is 5.02 Å². The highest BCUT2D eigenvalue weighted by molar-refractivity contribution is 6.38. The summed E-state index contributed by atoms with van der Waals surface area (Å²) in [6.07, 6.45) is 0. The molecule has 7 heteroatoms.